The molecule has 0 atom stereocenters. The summed E-state index contributed by atoms with van der Waals surface area (Å²) in [5.41, 5.74) is 4.38. The predicted octanol–water partition coefficient (Wildman–Crippen LogP) is 10.4. The van der Waals surface area contributed by atoms with E-state index in [2.05, 4.69) is 118 Å². The van der Waals surface area contributed by atoms with Crippen molar-refractivity contribution in [1.82, 2.24) is 0 Å². The van der Waals surface area contributed by atoms with E-state index in [-0.39, 0.29) is 0 Å². The summed E-state index contributed by atoms with van der Waals surface area (Å²) in [5, 5.41) is 0. The first kappa shape index (κ1) is 31.2. The molecule has 3 heteroatoms. The molecule has 176 valence electrons. The zero-order valence-corrected chi connectivity index (χ0v) is 25.7. The van der Waals surface area contributed by atoms with E-state index in [4.69, 9.17) is 17.0 Å². The maximum atomic E-state index is 4.93. The van der Waals surface area contributed by atoms with Crippen molar-refractivity contribution in [3.05, 3.63) is 59.7 Å². The first-order valence-corrected chi connectivity index (χ1v) is 18.1. The van der Waals surface area contributed by atoms with Crippen LogP contribution in [0.1, 0.15) is 106 Å². The number of halogens is 2. The average Bonchev–Trinajstić information content (AvgIpc) is 3.38. The fourth-order valence-electron chi connectivity index (χ4n) is 5.69. The Hall–Kier alpha value is 0.163. The Morgan fingerprint density at radius 3 is 0.871 bits per heavy atom. The minimum atomic E-state index is -0.826. The van der Waals surface area contributed by atoms with Gasteiger partial charge in [-0.25, -0.2) is 24.3 Å². The van der Waals surface area contributed by atoms with Crippen LogP contribution >= 0.6 is 17.0 Å². The van der Waals surface area contributed by atoms with Gasteiger partial charge in [-0.05, 0) is 21.7 Å². The molecule has 0 nitrogen and oxygen atoms in total. The van der Waals surface area contributed by atoms with Crippen molar-refractivity contribution in [2.24, 2.45) is 10.8 Å². The van der Waals surface area contributed by atoms with Crippen LogP contribution in [0.5, 0.6) is 0 Å². The maximum absolute atomic E-state index is 4.93. The third-order valence-electron chi connectivity index (χ3n) is 7.72. The van der Waals surface area contributed by atoms with Crippen LogP contribution in [-0.4, -0.2) is 0 Å². The Kier molecular flexibility index (Phi) is 13.8. The Morgan fingerprint density at radius 2 is 0.742 bits per heavy atom. The molecule has 2 rings (SSSR count). The molecular weight excluding hydrogens is 498 g/mol. The number of rotatable bonds is 6. The molecule has 0 fully saturated rings. The van der Waals surface area contributed by atoms with Crippen molar-refractivity contribution in [2.45, 2.75) is 106 Å². The molecule has 0 radical (unpaired) electrons. The minimum absolute atomic E-state index is 0.338. The Bertz CT molecular complexity index is 601. The molecule has 0 aromatic heterocycles. The van der Waals surface area contributed by atoms with Gasteiger partial charge in [0.2, 0.25) is 0 Å². The molecule has 0 unspecified atom stereocenters. The molecule has 0 bridgehead atoms. The standard InChI is InChI=1S/2C14H23.2ClH.Zr/c2*1-6-14(7-2,13(3,4)5)12-10-8-9-11-12;;;/h2*8-11H,6-7H2,1-5H3;2*1H;/q2*-1;;;+4/p-2. The molecule has 0 amide bonds. The van der Waals surface area contributed by atoms with Crippen LogP contribution in [0.3, 0.4) is 0 Å². The summed E-state index contributed by atoms with van der Waals surface area (Å²) >= 11 is -0.826. The first-order chi connectivity index (χ1) is 14.4. The number of hydrogen-bond acceptors (Lipinski definition) is 0. The van der Waals surface area contributed by atoms with Gasteiger partial charge in [-0.1, -0.05) is 94.9 Å². The van der Waals surface area contributed by atoms with E-state index in [1.54, 1.807) is 0 Å². The van der Waals surface area contributed by atoms with E-state index in [1.165, 1.54) is 36.8 Å². The van der Waals surface area contributed by atoms with E-state index in [9.17, 15) is 0 Å². The molecule has 0 saturated heterocycles. The van der Waals surface area contributed by atoms with Gasteiger partial charge >= 0.3 is 37.9 Å². The molecule has 0 aliphatic rings. The average molecular weight is 545 g/mol. The zero-order valence-electron chi connectivity index (χ0n) is 21.7. The summed E-state index contributed by atoms with van der Waals surface area (Å²) in [5.74, 6) is 0. The van der Waals surface area contributed by atoms with E-state index < -0.39 is 20.8 Å². The number of hydrogen-bond donors (Lipinski definition) is 0. The van der Waals surface area contributed by atoms with Crippen LogP contribution in [-0.2, 0) is 31.7 Å². The predicted molar refractivity (Wildman–Crippen MR) is 139 cm³/mol. The van der Waals surface area contributed by atoms with Gasteiger partial charge in [0.15, 0.2) is 0 Å². The summed E-state index contributed by atoms with van der Waals surface area (Å²) in [7, 11) is 9.87. The molecule has 31 heavy (non-hydrogen) atoms. The van der Waals surface area contributed by atoms with Crippen LogP contribution in [0.4, 0.5) is 0 Å². The van der Waals surface area contributed by atoms with Crippen LogP contribution in [0, 0.1) is 10.8 Å². The van der Waals surface area contributed by atoms with Gasteiger partial charge in [0.25, 0.3) is 0 Å². The second-order valence-electron chi connectivity index (χ2n) is 10.5. The summed E-state index contributed by atoms with van der Waals surface area (Å²) in [6.45, 7) is 23.4. The summed E-state index contributed by atoms with van der Waals surface area (Å²) in [6.07, 6.45) is 4.88. The van der Waals surface area contributed by atoms with Gasteiger partial charge < -0.3 is 0 Å². The van der Waals surface area contributed by atoms with E-state index in [1.807, 2.05) is 0 Å². The van der Waals surface area contributed by atoms with Gasteiger partial charge in [0.1, 0.15) is 0 Å². The van der Waals surface area contributed by atoms with Crippen LogP contribution in [0.2, 0.25) is 0 Å². The fraction of sp³-hybridized carbons (Fsp3) is 0.643. The van der Waals surface area contributed by atoms with Gasteiger partial charge in [0.05, 0.1) is 0 Å². The summed E-state index contributed by atoms with van der Waals surface area (Å²) in [4.78, 5) is 0. The van der Waals surface area contributed by atoms with Gasteiger partial charge in [-0.15, -0.1) is 0 Å². The molecule has 0 spiro atoms. The van der Waals surface area contributed by atoms with Gasteiger partial charge in [-0.3, -0.25) is 0 Å². The second kappa shape index (κ2) is 13.8. The van der Waals surface area contributed by atoms with Crippen LogP contribution in [0.15, 0.2) is 48.5 Å². The Labute approximate surface area is 212 Å². The van der Waals surface area contributed by atoms with Gasteiger partial charge in [-0.2, -0.15) is 35.4 Å². The van der Waals surface area contributed by atoms with Crippen molar-refractivity contribution >= 4 is 17.0 Å². The molecule has 0 N–H and O–H groups in total. The van der Waals surface area contributed by atoms with Crippen LogP contribution in [0.25, 0.3) is 0 Å². The molecule has 2 aromatic carbocycles. The van der Waals surface area contributed by atoms with E-state index >= 15 is 0 Å². The molecule has 2 aromatic rings. The summed E-state index contributed by atoms with van der Waals surface area (Å²) in [6, 6.07) is 17.7. The van der Waals surface area contributed by atoms with E-state index in [0.717, 1.165) is 0 Å². The van der Waals surface area contributed by atoms with Crippen molar-refractivity contribution in [3.8, 4) is 0 Å². The van der Waals surface area contributed by atoms with Gasteiger partial charge in [0, 0.05) is 0 Å². The molecule has 0 saturated carbocycles. The van der Waals surface area contributed by atoms with Crippen LogP contribution < -0.4 is 0 Å². The normalized spacial score (nSPS) is 12.3. The molecule has 0 aliphatic carbocycles. The van der Waals surface area contributed by atoms with Crippen molar-refractivity contribution in [2.75, 3.05) is 0 Å². The topological polar surface area (TPSA) is 0 Å². The quantitative estimate of drug-likeness (QED) is 0.317. The third kappa shape index (κ3) is 7.58. The van der Waals surface area contributed by atoms with Crippen molar-refractivity contribution in [3.63, 3.8) is 0 Å². The van der Waals surface area contributed by atoms with Crippen molar-refractivity contribution in [1.29, 1.82) is 0 Å². The Morgan fingerprint density at radius 1 is 0.548 bits per heavy atom. The fourth-order valence-corrected chi connectivity index (χ4v) is 5.69. The molecule has 0 heterocycles. The monoisotopic (exact) mass is 542 g/mol. The second-order valence-corrected chi connectivity index (χ2v) is 14.2. The zero-order chi connectivity index (χ0) is 24.3. The van der Waals surface area contributed by atoms with E-state index in [0.29, 0.717) is 21.7 Å². The molecular formula is C28H46Cl2Zr. The third-order valence-corrected chi connectivity index (χ3v) is 7.72. The SMILES string of the molecule is CCC(CC)([c-]1cccc1)C(C)(C)C.CCC(CC)([c-]1cccc1)C(C)(C)C.[Cl][Zr+2][Cl]. The first-order valence-electron chi connectivity index (χ1n) is 11.8. The van der Waals surface area contributed by atoms with Crippen molar-refractivity contribution < 1.29 is 20.8 Å². The Balaban J connectivity index is 0.000000516. The summed E-state index contributed by atoms with van der Waals surface area (Å²) < 4.78 is 0. The molecule has 0 aliphatic heterocycles.